The van der Waals surface area contributed by atoms with Crippen LogP contribution in [0.15, 0.2) is 182 Å². The van der Waals surface area contributed by atoms with Crippen molar-refractivity contribution in [2.75, 3.05) is 0 Å². The van der Waals surface area contributed by atoms with Crippen molar-refractivity contribution < 1.29 is 4.57 Å². The Hall–Kier alpha value is -7.37. The van der Waals surface area contributed by atoms with Gasteiger partial charge in [0.1, 0.15) is 16.9 Å². The highest BCUT2D eigenvalue weighted by Gasteiger charge is 2.33. The van der Waals surface area contributed by atoms with E-state index in [9.17, 15) is 0 Å². The largest absolute Gasteiger partial charge is 0.300 e. The summed E-state index contributed by atoms with van der Waals surface area (Å²) < 4.78 is 7.34. The fourth-order valence-electron chi connectivity index (χ4n) is 8.85. The molecule has 0 spiro atoms. The molecule has 0 N–H and O–H groups in total. The van der Waals surface area contributed by atoms with E-state index in [0.29, 0.717) is 0 Å². The molecule has 0 aliphatic heterocycles. The number of fused-ring (bicyclic) bond motifs is 6. The van der Waals surface area contributed by atoms with E-state index >= 15 is 0 Å². The molecule has 4 heterocycles. The van der Waals surface area contributed by atoms with Gasteiger partial charge in [0.15, 0.2) is 16.9 Å². The highest BCUT2D eigenvalue weighted by Crippen LogP contribution is 2.47. The summed E-state index contributed by atoms with van der Waals surface area (Å²) in [5.41, 5.74) is 11.5. The number of para-hydroxylation sites is 4. The number of imidazole rings is 1. The summed E-state index contributed by atoms with van der Waals surface area (Å²) in [5, 5.41) is 7.16. The van der Waals surface area contributed by atoms with Gasteiger partial charge < -0.3 is 0 Å². The van der Waals surface area contributed by atoms with Crippen LogP contribution in [0.3, 0.4) is 0 Å². The molecule has 250 valence electrons. The van der Waals surface area contributed by atoms with Crippen molar-refractivity contribution in [3.63, 3.8) is 0 Å². The summed E-state index contributed by atoms with van der Waals surface area (Å²) >= 11 is 0. The van der Waals surface area contributed by atoms with Crippen molar-refractivity contribution in [2.24, 2.45) is 0 Å². The molecule has 0 unspecified atom stereocenters. The summed E-state index contributed by atoms with van der Waals surface area (Å²) in [6.07, 6.45) is 0. The first-order chi connectivity index (χ1) is 26.8. The lowest BCUT2D eigenvalue weighted by Gasteiger charge is -2.15. The maximum absolute atomic E-state index is 5.50. The average molecular weight is 689 g/mol. The van der Waals surface area contributed by atoms with E-state index in [-0.39, 0.29) is 0 Å². The van der Waals surface area contributed by atoms with E-state index < -0.39 is 0 Å². The quantitative estimate of drug-likeness (QED) is 0.173. The first-order valence-electron chi connectivity index (χ1n) is 18.4. The van der Waals surface area contributed by atoms with Crippen molar-refractivity contribution in [1.82, 2.24) is 18.9 Å². The molecule has 5 heteroatoms. The number of nitrogens with zero attached hydrogens (tertiary/aromatic N) is 5. The van der Waals surface area contributed by atoms with Crippen LogP contribution in [0.2, 0.25) is 0 Å². The second kappa shape index (κ2) is 11.1. The van der Waals surface area contributed by atoms with Crippen LogP contribution >= 0.6 is 0 Å². The molecule has 0 aliphatic carbocycles. The first kappa shape index (κ1) is 29.2. The molecular weight excluding hydrogens is 659 g/mol. The fourth-order valence-corrected chi connectivity index (χ4v) is 8.85. The lowest BCUT2D eigenvalue weighted by molar-refractivity contribution is -0.555. The molecule has 0 fully saturated rings. The van der Waals surface area contributed by atoms with Crippen molar-refractivity contribution in [3.8, 4) is 34.2 Å². The van der Waals surface area contributed by atoms with E-state index in [1.165, 1.54) is 32.3 Å². The molecule has 0 bridgehead atoms. The van der Waals surface area contributed by atoms with Crippen molar-refractivity contribution in [3.05, 3.63) is 182 Å². The zero-order valence-electron chi connectivity index (χ0n) is 29.1. The Kier molecular flexibility index (Phi) is 5.99. The molecule has 8 aromatic carbocycles. The molecule has 0 aliphatic rings. The van der Waals surface area contributed by atoms with Gasteiger partial charge in [0, 0.05) is 21.7 Å². The van der Waals surface area contributed by atoms with Gasteiger partial charge in [-0.25, -0.2) is 9.97 Å². The van der Waals surface area contributed by atoms with Crippen LogP contribution in [-0.4, -0.2) is 18.9 Å². The predicted octanol–water partition coefficient (Wildman–Crippen LogP) is 11.5. The fraction of sp³-hybridized carbons (Fsp3) is 0. The van der Waals surface area contributed by atoms with E-state index in [1.807, 2.05) is 12.1 Å². The molecular formula is C49H30N5+. The zero-order valence-corrected chi connectivity index (χ0v) is 29.1. The smallest absolute Gasteiger partial charge is 0.291 e. The number of hydrogen-bond acceptors (Lipinski definition) is 2. The highest BCUT2D eigenvalue weighted by atomic mass is 15.2. The van der Waals surface area contributed by atoms with Gasteiger partial charge >= 0.3 is 0 Å². The Labute approximate surface area is 309 Å². The van der Waals surface area contributed by atoms with E-state index in [0.717, 1.165) is 72.8 Å². The van der Waals surface area contributed by atoms with Gasteiger partial charge in [0.25, 0.3) is 5.82 Å². The minimum Gasteiger partial charge on any atom is -0.291 e. The Bertz CT molecular complexity index is 3420. The summed E-state index contributed by atoms with van der Waals surface area (Å²) in [6.45, 7) is 0. The molecule has 5 nitrogen and oxygen atoms in total. The van der Waals surface area contributed by atoms with E-state index in [4.69, 9.17) is 9.97 Å². The van der Waals surface area contributed by atoms with Gasteiger partial charge in [-0.15, -0.1) is 0 Å². The van der Waals surface area contributed by atoms with E-state index in [2.05, 4.69) is 183 Å². The minimum atomic E-state index is 0.813. The molecule has 12 aromatic rings. The molecule has 4 aromatic heterocycles. The molecule has 0 saturated heterocycles. The number of rotatable bonds is 4. The second-order valence-electron chi connectivity index (χ2n) is 14.0. The number of aromatic nitrogens is 5. The molecule has 0 saturated carbocycles. The third-order valence-corrected chi connectivity index (χ3v) is 11.1. The van der Waals surface area contributed by atoms with Crippen LogP contribution in [0.1, 0.15) is 0 Å². The first-order valence-corrected chi connectivity index (χ1v) is 18.4. The summed E-state index contributed by atoms with van der Waals surface area (Å²) in [4.78, 5) is 10.9. The van der Waals surface area contributed by atoms with Crippen molar-refractivity contribution >= 4 is 70.9 Å². The minimum absolute atomic E-state index is 0.813. The number of benzene rings is 8. The Balaban J connectivity index is 1.40. The van der Waals surface area contributed by atoms with Crippen molar-refractivity contribution in [1.29, 1.82) is 0 Å². The standard InChI is InChI=1S/C49H30N5/c1-4-16-31(17-5-1)45-48(51-39-26-14-13-25-38(39)50-45)53-41-28-29-42-47-44(41)43-37(30-33-20-10-11-23-35(33)46(43)53)36-24-12-15-27-40(36)54(47)49(32-18-6-2-7-19-32)52(42)34-21-8-3-9-22-34/h1-30H/q+1. The maximum atomic E-state index is 5.50. The summed E-state index contributed by atoms with van der Waals surface area (Å²) in [5.74, 6) is 1.92. The average Bonchev–Trinajstić information content (AvgIpc) is 3.74. The third kappa shape index (κ3) is 3.95. The highest BCUT2D eigenvalue weighted by molar-refractivity contribution is 6.34. The Morgan fingerprint density at radius 1 is 0.444 bits per heavy atom. The molecule has 0 radical (unpaired) electrons. The molecule has 0 amide bonds. The topological polar surface area (TPSA) is 39.0 Å². The van der Waals surface area contributed by atoms with Gasteiger partial charge in [0.2, 0.25) is 0 Å². The number of hydrogen-bond donors (Lipinski definition) is 0. The van der Waals surface area contributed by atoms with Crippen LogP contribution < -0.4 is 4.57 Å². The van der Waals surface area contributed by atoms with Gasteiger partial charge in [0.05, 0.1) is 33.0 Å². The van der Waals surface area contributed by atoms with Gasteiger partial charge in [-0.3, -0.25) is 4.57 Å². The van der Waals surface area contributed by atoms with E-state index in [1.54, 1.807) is 0 Å². The zero-order chi connectivity index (χ0) is 35.3. The third-order valence-electron chi connectivity index (χ3n) is 11.1. The SMILES string of the molecule is c1ccc(-c2nc3ccccc3nc2-n2c3ccc4c5c3c3c(cc6ccccc6c32)c2ccccc2n5c(-c2ccccc2)[n+]4-c2ccccc2)cc1. The van der Waals surface area contributed by atoms with Gasteiger partial charge in [-0.2, -0.15) is 8.97 Å². The molecule has 12 rings (SSSR count). The van der Waals surface area contributed by atoms with Crippen LogP contribution in [0.5, 0.6) is 0 Å². The normalized spacial score (nSPS) is 12.1. The molecule has 54 heavy (non-hydrogen) atoms. The van der Waals surface area contributed by atoms with Crippen LogP contribution in [0.25, 0.3) is 105 Å². The summed E-state index contributed by atoms with van der Waals surface area (Å²) in [6, 6.07) is 64.9. The van der Waals surface area contributed by atoms with Crippen molar-refractivity contribution in [2.45, 2.75) is 0 Å². The Morgan fingerprint density at radius 3 is 1.85 bits per heavy atom. The second-order valence-corrected chi connectivity index (χ2v) is 14.0. The monoisotopic (exact) mass is 688 g/mol. The lowest BCUT2D eigenvalue weighted by atomic mass is 9.99. The summed E-state index contributed by atoms with van der Waals surface area (Å²) in [7, 11) is 0. The van der Waals surface area contributed by atoms with Gasteiger partial charge in [-0.1, -0.05) is 121 Å². The van der Waals surface area contributed by atoms with Gasteiger partial charge in [-0.05, 0) is 71.4 Å². The molecule has 0 atom stereocenters. The Morgan fingerprint density at radius 2 is 1.07 bits per heavy atom. The maximum Gasteiger partial charge on any atom is 0.300 e. The lowest BCUT2D eigenvalue weighted by Crippen LogP contribution is -2.32. The predicted molar refractivity (Wildman–Crippen MR) is 221 cm³/mol. The van der Waals surface area contributed by atoms with Crippen LogP contribution in [0, 0.1) is 0 Å². The van der Waals surface area contributed by atoms with Crippen LogP contribution in [0.4, 0.5) is 0 Å². The van der Waals surface area contributed by atoms with Crippen LogP contribution in [-0.2, 0) is 0 Å².